The molecular weight excluding hydrogens is 210 g/mol. The van der Waals surface area contributed by atoms with Gasteiger partial charge in [-0.1, -0.05) is 12.1 Å². The van der Waals surface area contributed by atoms with Crippen molar-refractivity contribution < 1.29 is 5.11 Å². The first-order valence-electron chi connectivity index (χ1n) is 6.19. The minimum atomic E-state index is -0.659. The van der Waals surface area contributed by atoms with Gasteiger partial charge >= 0.3 is 0 Å². The van der Waals surface area contributed by atoms with Crippen molar-refractivity contribution in [1.29, 1.82) is 0 Å². The van der Waals surface area contributed by atoms with Crippen molar-refractivity contribution in [2.75, 3.05) is 0 Å². The van der Waals surface area contributed by atoms with Crippen LogP contribution in [0.25, 0.3) is 10.9 Å². The molecule has 1 N–H and O–H groups in total. The summed E-state index contributed by atoms with van der Waals surface area (Å²) in [6.45, 7) is 8.07. The second-order valence-corrected chi connectivity index (χ2v) is 5.66. The molecule has 2 nitrogen and oxygen atoms in total. The van der Waals surface area contributed by atoms with Crippen LogP contribution in [0, 0.1) is 0 Å². The summed E-state index contributed by atoms with van der Waals surface area (Å²) in [7, 11) is 0. The molecule has 0 spiro atoms. The molecule has 0 radical (unpaired) electrons. The Hall–Kier alpha value is -1.28. The van der Waals surface area contributed by atoms with E-state index < -0.39 is 5.60 Å². The van der Waals surface area contributed by atoms with Gasteiger partial charge in [-0.05, 0) is 45.4 Å². The molecule has 0 aliphatic heterocycles. The van der Waals surface area contributed by atoms with E-state index in [0.717, 1.165) is 0 Å². The summed E-state index contributed by atoms with van der Waals surface area (Å²) in [5.41, 5.74) is 1.81. The van der Waals surface area contributed by atoms with Gasteiger partial charge < -0.3 is 9.67 Å². The van der Waals surface area contributed by atoms with Crippen molar-refractivity contribution in [1.82, 2.24) is 4.57 Å². The van der Waals surface area contributed by atoms with Gasteiger partial charge in [0.2, 0.25) is 0 Å². The van der Waals surface area contributed by atoms with E-state index in [4.69, 9.17) is 0 Å². The monoisotopic (exact) mass is 231 g/mol. The zero-order chi connectivity index (χ0) is 12.6. The smallest absolute Gasteiger partial charge is 0.0632 e. The molecular formula is C15H21NO. The lowest BCUT2D eigenvalue weighted by molar-refractivity contribution is 0.0813. The normalized spacial score (nSPS) is 12.6. The van der Waals surface area contributed by atoms with Gasteiger partial charge in [0, 0.05) is 29.6 Å². The second kappa shape index (κ2) is 4.19. The van der Waals surface area contributed by atoms with Crippen LogP contribution in [-0.4, -0.2) is 15.3 Å². The summed E-state index contributed by atoms with van der Waals surface area (Å²) < 4.78 is 2.27. The number of hydrogen-bond donors (Lipinski definition) is 1. The van der Waals surface area contributed by atoms with E-state index in [1.165, 1.54) is 16.5 Å². The number of hydrogen-bond acceptors (Lipinski definition) is 1. The summed E-state index contributed by atoms with van der Waals surface area (Å²) >= 11 is 0. The Morgan fingerprint density at radius 3 is 2.53 bits per heavy atom. The van der Waals surface area contributed by atoms with E-state index in [2.05, 4.69) is 48.9 Å². The average Bonchev–Trinajstić information content (AvgIpc) is 2.59. The zero-order valence-corrected chi connectivity index (χ0v) is 11.1. The second-order valence-electron chi connectivity index (χ2n) is 5.66. The third-order valence-corrected chi connectivity index (χ3v) is 3.03. The van der Waals surface area contributed by atoms with Gasteiger partial charge in [-0.3, -0.25) is 0 Å². The van der Waals surface area contributed by atoms with Gasteiger partial charge in [-0.15, -0.1) is 0 Å². The molecule has 0 bridgehead atoms. The largest absolute Gasteiger partial charge is 0.390 e. The SMILES string of the molecule is CC(C)n1ccc2c(CC(C)(C)O)cccc21. The average molecular weight is 231 g/mol. The van der Waals surface area contributed by atoms with Crippen molar-refractivity contribution in [3.05, 3.63) is 36.0 Å². The summed E-state index contributed by atoms with van der Waals surface area (Å²) in [5.74, 6) is 0. The van der Waals surface area contributed by atoms with Crippen LogP contribution in [0.15, 0.2) is 30.5 Å². The van der Waals surface area contributed by atoms with Crippen molar-refractivity contribution >= 4 is 10.9 Å². The Morgan fingerprint density at radius 2 is 1.94 bits per heavy atom. The number of aromatic nitrogens is 1. The highest BCUT2D eigenvalue weighted by Gasteiger charge is 2.16. The minimum Gasteiger partial charge on any atom is -0.390 e. The first-order chi connectivity index (χ1) is 7.88. The van der Waals surface area contributed by atoms with Gasteiger partial charge in [0.25, 0.3) is 0 Å². The highest BCUT2D eigenvalue weighted by atomic mass is 16.3. The Morgan fingerprint density at radius 1 is 1.24 bits per heavy atom. The van der Waals surface area contributed by atoms with Crippen molar-refractivity contribution in [3.63, 3.8) is 0 Å². The lowest BCUT2D eigenvalue weighted by atomic mass is 9.96. The van der Waals surface area contributed by atoms with Crippen molar-refractivity contribution in [2.45, 2.75) is 45.8 Å². The fraction of sp³-hybridized carbons (Fsp3) is 0.467. The molecule has 0 amide bonds. The lowest BCUT2D eigenvalue weighted by Crippen LogP contribution is -2.21. The lowest BCUT2D eigenvalue weighted by Gasteiger charge is -2.18. The van der Waals surface area contributed by atoms with E-state index >= 15 is 0 Å². The fourth-order valence-electron chi connectivity index (χ4n) is 2.32. The first-order valence-corrected chi connectivity index (χ1v) is 6.19. The number of rotatable bonds is 3. The van der Waals surface area contributed by atoms with Gasteiger partial charge in [0.1, 0.15) is 0 Å². The molecule has 0 unspecified atom stereocenters. The summed E-state index contributed by atoms with van der Waals surface area (Å²) in [5, 5.41) is 11.2. The molecule has 2 aromatic rings. The van der Waals surface area contributed by atoms with E-state index in [9.17, 15) is 5.11 Å². The number of fused-ring (bicyclic) bond motifs is 1. The van der Waals surface area contributed by atoms with Crippen LogP contribution in [-0.2, 0) is 6.42 Å². The standard InChI is InChI=1S/C15H21NO/c1-11(2)16-9-8-13-12(10-15(3,4)17)6-5-7-14(13)16/h5-9,11,17H,10H2,1-4H3. The quantitative estimate of drug-likeness (QED) is 0.858. The number of benzene rings is 1. The molecule has 2 rings (SSSR count). The fourth-order valence-corrected chi connectivity index (χ4v) is 2.32. The summed E-state index contributed by atoms with van der Waals surface area (Å²) in [6.07, 6.45) is 2.82. The third kappa shape index (κ3) is 2.52. The molecule has 1 heterocycles. The number of nitrogens with zero attached hydrogens (tertiary/aromatic N) is 1. The van der Waals surface area contributed by atoms with Crippen LogP contribution in [0.1, 0.15) is 39.3 Å². The van der Waals surface area contributed by atoms with Crippen LogP contribution >= 0.6 is 0 Å². The molecule has 1 aromatic carbocycles. The molecule has 92 valence electrons. The van der Waals surface area contributed by atoms with E-state index in [1.54, 1.807) is 0 Å². The van der Waals surface area contributed by atoms with Crippen LogP contribution in [0.4, 0.5) is 0 Å². The van der Waals surface area contributed by atoms with Crippen LogP contribution in [0.2, 0.25) is 0 Å². The minimum absolute atomic E-state index is 0.463. The molecule has 0 saturated carbocycles. The topological polar surface area (TPSA) is 25.2 Å². The number of aliphatic hydroxyl groups is 1. The third-order valence-electron chi connectivity index (χ3n) is 3.03. The highest BCUT2D eigenvalue weighted by molar-refractivity contribution is 5.84. The molecule has 1 aromatic heterocycles. The molecule has 0 saturated heterocycles. The van der Waals surface area contributed by atoms with Crippen molar-refractivity contribution in [2.24, 2.45) is 0 Å². The molecule has 17 heavy (non-hydrogen) atoms. The molecule has 0 atom stereocenters. The van der Waals surface area contributed by atoms with Crippen molar-refractivity contribution in [3.8, 4) is 0 Å². The summed E-state index contributed by atoms with van der Waals surface area (Å²) in [4.78, 5) is 0. The molecule has 2 heteroatoms. The Labute approximate surface area is 103 Å². The highest BCUT2D eigenvalue weighted by Crippen LogP contribution is 2.25. The molecule has 0 fully saturated rings. The van der Waals surface area contributed by atoms with E-state index in [1.807, 2.05) is 13.8 Å². The zero-order valence-electron chi connectivity index (χ0n) is 11.1. The Kier molecular flexibility index (Phi) is 3.00. The maximum absolute atomic E-state index is 9.94. The predicted octanol–water partition coefficient (Wildman–Crippen LogP) is 3.54. The van der Waals surface area contributed by atoms with Crippen LogP contribution < -0.4 is 0 Å². The molecule has 0 aliphatic rings. The van der Waals surface area contributed by atoms with E-state index in [0.29, 0.717) is 12.5 Å². The van der Waals surface area contributed by atoms with Gasteiger partial charge in [0.05, 0.1) is 5.60 Å². The van der Waals surface area contributed by atoms with Crippen LogP contribution in [0.3, 0.4) is 0 Å². The molecule has 0 aliphatic carbocycles. The van der Waals surface area contributed by atoms with Gasteiger partial charge in [0.15, 0.2) is 0 Å². The Bertz CT molecular complexity index is 517. The predicted molar refractivity (Wildman–Crippen MR) is 72.3 cm³/mol. The van der Waals surface area contributed by atoms with Crippen LogP contribution in [0.5, 0.6) is 0 Å². The Balaban J connectivity index is 2.52. The maximum Gasteiger partial charge on any atom is 0.0632 e. The first kappa shape index (κ1) is 12.2. The van der Waals surface area contributed by atoms with Gasteiger partial charge in [-0.25, -0.2) is 0 Å². The summed E-state index contributed by atoms with van der Waals surface area (Å²) in [6, 6.07) is 8.93. The maximum atomic E-state index is 9.94. The van der Waals surface area contributed by atoms with E-state index in [-0.39, 0.29) is 0 Å². The van der Waals surface area contributed by atoms with Gasteiger partial charge in [-0.2, -0.15) is 0 Å².